The van der Waals surface area contributed by atoms with Crippen molar-refractivity contribution < 1.29 is 33.6 Å². The summed E-state index contributed by atoms with van der Waals surface area (Å²) in [4.78, 5) is 28.9. The minimum absolute atomic E-state index is 0.136. The van der Waals surface area contributed by atoms with Crippen molar-refractivity contribution in [2.75, 3.05) is 26.2 Å². The first-order valence-electron chi connectivity index (χ1n) is 15.3. The topological polar surface area (TPSA) is 120 Å². The van der Waals surface area contributed by atoms with Gasteiger partial charge in [-0.2, -0.15) is 0 Å². The Morgan fingerprint density at radius 3 is 2.24 bits per heavy atom. The number of nitrogens with zero attached hydrogens (tertiary/aromatic N) is 3. The number of thioether (sulfide) groups is 1. The van der Waals surface area contributed by atoms with Gasteiger partial charge in [0.25, 0.3) is 5.78 Å². The van der Waals surface area contributed by atoms with Crippen molar-refractivity contribution in [3.63, 3.8) is 0 Å². The fraction of sp³-hybridized carbons (Fsp3) is 0.189. The lowest BCUT2D eigenvalue weighted by atomic mass is 9.94. The number of hydrogen-bond acceptors (Lipinski definition) is 11. The number of aliphatic hydroxyl groups is 1. The molecule has 0 bridgehead atoms. The van der Waals surface area contributed by atoms with Gasteiger partial charge in [0.05, 0.1) is 32.9 Å². The molecule has 1 atom stereocenters. The van der Waals surface area contributed by atoms with E-state index in [9.17, 15) is 14.7 Å². The monoisotopic (exact) mass is 729 g/mol. The van der Waals surface area contributed by atoms with Crippen LogP contribution in [0.5, 0.6) is 23.0 Å². The van der Waals surface area contributed by atoms with Crippen molar-refractivity contribution in [2.45, 2.75) is 29.7 Å². The van der Waals surface area contributed by atoms with Crippen molar-refractivity contribution in [3.05, 3.63) is 123 Å². The number of aliphatic hydroxyl groups excluding tert-OH is 1. The van der Waals surface area contributed by atoms with Gasteiger partial charge in [0, 0.05) is 16.3 Å². The number of Topliss-reactive ketones (excluding diaryl/α,β-unsaturated/α-hetero) is 1. The van der Waals surface area contributed by atoms with E-state index >= 15 is 0 Å². The molecule has 6 rings (SSSR count). The number of methoxy groups -OCH3 is 3. The molecule has 10 nitrogen and oxygen atoms in total. The lowest BCUT2D eigenvalue weighted by Crippen LogP contribution is -2.29. The largest absolute Gasteiger partial charge is 0.507 e. The minimum Gasteiger partial charge on any atom is -0.507 e. The highest BCUT2D eigenvalue weighted by Gasteiger charge is 2.49. The van der Waals surface area contributed by atoms with Crippen LogP contribution in [0.1, 0.15) is 33.9 Å². The average molecular weight is 730 g/mol. The van der Waals surface area contributed by atoms with Crippen molar-refractivity contribution in [2.24, 2.45) is 0 Å². The Hall–Kier alpha value is -5.04. The number of aromatic nitrogens is 2. The Kier molecular flexibility index (Phi) is 10.6. The third-order valence-electron chi connectivity index (χ3n) is 8.11. The van der Waals surface area contributed by atoms with E-state index in [0.717, 1.165) is 28.0 Å². The Morgan fingerprint density at radius 2 is 1.60 bits per heavy atom. The Balaban J connectivity index is 1.37. The number of carbonyl (C=O) groups excluding carboxylic acids is 2. The van der Waals surface area contributed by atoms with Crippen LogP contribution in [0.2, 0.25) is 5.02 Å². The molecule has 0 spiro atoms. The molecule has 1 N–H and O–H groups in total. The standard InChI is InChI=1S/C37H32ClN3O7S2/c1-21-7-5-6-8-24(21)19-48-27-15-11-23(12-16-27)32(42)30-31(25-17-28(45-2)34(47-4)29(18-25)46-3)41(35(44)33(30)43)36-39-40-37(50-36)49-20-22-9-13-26(38)14-10-22/h5-18,31,42H,19-20H2,1-4H3. The highest BCUT2D eigenvalue weighted by Crippen LogP contribution is 2.48. The van der Waals surface area contributed by atoms with Crippen LogP contribution in [0.15, 0.2) is 94.8 Å². The van der Waals surface area contributed by atoms with Gasteiger partial charge in [-0.1, -0.05) is 71.1 Å². The summed E-state index contributed by atoms with van der Waals surface area (Å²) in [6, 6.07) is 24.2. The molecule has 13 heteroatoms. The second-order valence-electron chi connectivity index (χ2n) is 11.1. The molecule has 1 amide bonds. The van der Waals surface area contributed by atoms with E-state index in [4.69, 9.17) is 30.5 Å². The van der Waals surface area contributed by atoms with Gasteiger partial charge in [0.1, 0.15) is 18.1 Å². The van der Waals surface area contributed by atoms with E-state index in [0.29, 0.717) is 55.8 Å². The zero-order chi connectivity index (χ0) is 35.4. The van der Waals surface area contributed by atoms with E-state index in [-0.39, 0.29) is 16.5 Å². The van der Waals surface area contributed by atoms with Crippen molar-refractivity contribution in [1.82, 2.24) is 10.2 Å². The summed E-state index contributed by atoms with van der Waals surface area (Å²) in [7, 11) is 4.41. The third-order valence-corrected chi connectivity index (χ3v) is 10.5. The SMILES string of the molecule is COc1cc(C2C(=C(O)c3ccc(OCc4ccccc4C)cc3)C(=O)C(=O)N2c2nnc(SCc3ccc(Cl)cc3)s2)cc(OC)c1OC. The molecular formula is C37H32ClN3O7S2. The molecule has 4 aromatic carbocycles. The summed E-state index contributed by atoms with van der Waals surface area (Å²) >= 11 is 8.62. The first-order chi connectivity index (χ1) is 24.2. The highest BCUT2D eigenvalue weighted by atomic mass is 35.5. The molecule has 5 aromatic rings. The van der Waals surface area contributed by atoms with Gasteiger partial charge in [0.15, 0.2) is 15.8 Å². The third kappa shape index (κ3) is 7.14. The number of anilines is 1. The molecule has 0 radical (unpaired) electrons. The predicted octanol–water partition coefficient (Wildman–Crippen LogP) is 8.02. The fourth-order valence-electron chi connectivity index (χ4n) is 5.49. The summed E-state index contributed by atoms with van der Waals surface area (Å²) < 4.78 is 23.3. The number of rotatable bonds is 12. The molecule has 1 aliphatic rings. The Morgan fingerprint density at radius 1 is 0.920 bits per heavy atom. The van der Waals surface area contributed by atoms with Crippen LogP contribution in [0.25, 0.3) is 5.76 Å². The zero-order valence-electron chi connectivity index (χ0n) is 27.5. The fourth-order valence-corrected chi connectivity index (χ4v) is 7.44. The number of halogens is 1. The maximum absolute atomic E-state index is 13.8. The van der Waals surface area contributed by atoms with Gasteiger partial charge in [-0.05, 0) is 77.7 Å². The van der Waals surface area contributed by atoms with E-state index < -0.39 is 17.7 Å². The average Bonchev–Trinajstić information content (AvgIpc) is 3.71. The van der Waals surface area contributed by atoms with Crippen LogP contribution in [0, 0.1) is 6.92 Å². The van der Waals surface area contributed by atoms with Crippen molar-refractivity contribution >= 4 is 57.3 Å². The normalized spacial score (nSPS) is 15.3. The van der Waals surface area contributed by atoms with Crippen LogP contribution in [0.4, 0.5) is 5.13 Å². The molecule has 256 valence electrons. The molecular weight excluding hydrogens is 698 g/mol. The number of ether oxygens (including phenoxy) is 4. The number of hydrogen-bond donors (Lipinski definition) is 1. The number of amides is 1. The van der Waals surface area contributed by atoms with Crippen LogP contribution in [-0.4, -0.2) is 48.3 Å². The number of ketones is 1. The van der Waals surface area contributed by atoms with Gasteiger partial charge >= 0.3 is 5.91 Å². The lowest BCUT2D eigenvalue weighted by Gasteiger charge is -2.24. The second kappa shape index (κ2) is 15.2. The molecule has 1 aliphatic heterocycles. The summed E-state index contributed by atoms with van der Waals surface area (Å²) in [6.45, 7) is 2.38. The molecule has 1 fully saturated rings. The lowest BCUT2D eigenvalue weighted by molar-refractivity contribution is -0.132. The molecule has 1 saturated heterocycles. The number of carbonyl (C=O) groups is 2. The molecule has 0 saturated carbocycles. The van der Waals surface area contributed by atoms with E-state index in [2.05, 4.69) is 10.2 Å². The van der Waals surface area contributed by atoms with Crippen LogP contribution >= 0.6 is 34.7 Å². The predicted molar refractivity (Wildman–Crippen MR) is 194 cm³/mol. The second-order valence-corrected chi connectivity index (χ2v) is 13.7. The zero-order valence-corrected chi connectivity index (χ0v) is 29.9. The van der Waals surface area contributed by atoms with Crippen molar-refractivity contribution in [1.29, 1.82) is 0 Å². The first-order valence-corrected chi connectivity index (χ1v) is 17.5. The number of aryl methyl sites for hydroxylation is 1. The molecule has 1 aromatic heterocycles. The van der Waals surface area contributed by atoms with E-state index in [1.807, 2.05) is 55.5 Å². The van der Waals surface area contributed by atoms with Gasteiger partial charge in [-0.3, -0.25) is 14.5 Å². The molecule has 2 heterocycles. The summed E-state index contributed by atoms with van der Waals surface area (Å²) in [5, 5.41) is 21.2. The smallest absolute Gasteiger partial charge is 0.301 e. The minimum atomic E-state index is -1.11. The van der Waals surface area contributed by atoms with Crippen LogP contribution in [-0.2, 0) is 21.9 Å². The van der Waals surface area contributed by atoms with E-state index in [1.54, 1.807) is 36.4 Å². The van der Waals surface area contributed by atoms with Gasteiger partial charge in [0.2, 0.25) is 10.9 Å². The summed E-state index contributed by atoms with van der Waals surface area (Å²) in [5.74, 6) is -0.0145. The molecule has 1 unspecified atom stereocenters. The van der Waals surface area contributed by atoms with Crippen LogP contribution < -0.4 is 23.8 Å². The highest BCUT2D eigenvalue weighted by molar-refractivity contribution is 8.00. The summed E-state index contributed by atoms with van der Waals surface area (Å²) in [6.07, 6.45) is 0. The first kappa shape index (κ1) is 34.8. The summed E-state index contributed by atoms with van der Waals surface area (Å²) in [5.41, 5.74) is 3.79. The quantitative estimate of drug-likeness (QED) is 0.0444. The number of benzene rings is 4. The van der Waals surface area contributed by atoms with Gasteiger partial charge < -0.3 is 24.1 Å². The van der Waals surface area contributed by atoms with E-state index in [1.165, 1.54) is 38.0 Å². The molecule has 50 heavy (non-hydrogen) atoms. The van der Waals surface area contributed by atoms with Gasteiger partial charge in [-0.25, -0.2) is 0 Å². The Bertz CT molecular complexity index is 2040. The Labute approximate surface area is 302 Å². The van der Waals surface area contributed by atoms with Crippen LogP contribution in [0.3, 0.4) is 0 Å². The van der Waals surface area contributed by atoms with Gasteiger partial charge in [-0.15, -0.1) is 10.2 Å². The molecule has 0 aliphatic carbocycles. The van der Waals surface area contributed by atoms with Crippen molar-refractivity contribution in [3.8, 4) is 23.0 Å². The maximum Gasteiger partial charge on any atom is 0.301 e. The maximum atomic E-state index is 13.8.